The maximum absolute atomic E-state index is 11.4. The average Bonchev–Trinajstić information content (AvgIpc) is 2.46. The number of carbonyl (C=O) groups is 1. The molecule has 4 nitrogen and oxygen atoms in total. The zero-order valence-electron chi connectivity index (χ0n) is 14.1. The molecule has 0 fully saturated rings. The Kier molecular flexibility index (Phi) is 15.0. The van der Waals surface area contributed by atoms with Crippen molar-refractivity contribution in [3.05, 3.63) is 0 Å². The Morgan fingerprint density at radius 3 is 2.24 bits per heavy atom. The molecular weight excluding hydrogens is 266 g/mol. The van der Waals surface area contributed by atoms with Gasteiger partial charge >= 0.3 is 6.16 Å². The van der Waals surface area contributed by atoms with Crippen molar-refractivity contribution in [2.75, 3.05) is 13.2 Å². The van der Waals surface area contributed by atoms with Gasteiger partial charge in [0.1, 0.15) is 6.10 Å². The lowest BCUT2D eigenvalue weighted by molar-refractivity contribution is 0.0251. The molecule has 0 saturated heterocycles. The van der Waals surface area contributed by atoms with Crippen LogP contribution in [-0.2, 0) is 9.47 Å². The van der Waals surface area contributed by atoms with Crippen LogP contribution in [0.1, 0.15) is 84.5 Å². The lowest BCUT2D eigenvalue weighted by Crippen LogP contribution is -2.16. The Bertz CT molecular complexity index is 234. The minimum atomic E-state index is -0.529. The van der Waals surface area contributed by atoms with Gasteiger partial charge in [-0.25, -0.2) is 4.79 Å². The second-order valence-corrected chi connectivity index (χ2v) is 5.79. The van der Waals surface area contributed by atoms with Crippen LogP contribution in [0.4, 0.5) is 4.79 Å². The highest BCUT2D eigenvalue weighted by atomic mass is 16.7. The number of nitrogens with two attached hydrogens (primary N) is 1. The Balaban J connectivity index is 3.35. The third-order valence-corrected chi connectivity index (χ3v) is 3.58. The molecule has 126 valence electrons. The smallest absolute Gasteiger partial charge is 0.434 e. The van der Waals surface area contributed by atoms with Crippen molar-refractivity contribution >= 4 is 6.16 Å². The number of rotatable bonds is 14. The molecule has 0 spiro atoms. The van der Waals surface area contributed by atoms with E-state index in [0.717, 1.165) is 32.1 Å². The maximum Gasteiger partial charge on any atom is 0.508 e. The Morgan fingerprint density at radius 2 is 1.57 bits per heavy atom. The topological polar surface area (TPSA) is 61.5 Å². The van der Waals surface area contributed by atoms with E-state index >= 15 is 0 Å². The van der Waals surface area contributed by atoms with Crippen LogP contribution in [0.2, 0.25) is 0 Å². The summed E-state index contributed by atoms with van der Waals surface area (Å²) in [6.45, 7) is 5.30. The highest BCUT2D eigenvalue weighted by Crippen LogP contribution is 2.11. The van der Waals surface area contributed by atoms with Gasteiger partial charge in [-0.05, 0) is 45.6 Å². The summed E-state index contributed by atoms with van der Waals surface area (Å²) >= 11 is 0. The molecule has 4 heteroatoms. The number of hydrogen-bond acceptors (Lipinski definition) is 4. The molecule has 0 amide bonds. The lowest BCUT2D eigenvalue weighted by Gasteiger charge is -2.13. The number of ether oxygens (including phenoxy) is 2. The highest BCUT2D eigenvalue weighted by Gasteiger charge is 2.10. The summed E-state index contributed by atoms with van der Waals surface area (Å²) in [4.78, 5) is 11.4. The van der Waals surface area contributed by atoms with Crippen LogP contribution >= 0.6 is 0 Å². The fourth-order valence-corrected chi connectivity index (χ4v) is 2.22. The van der Waals surface area contributed by atoms with Crippen molar-refractivity contribution in [3.63, 3.8) is 0 Å². The lowest BCUT2D eigenvalue weighted by atomic mass is 10.1. The monoisotopic (exact) mass is 301 g/mol. The van der Waals surface area contributed by atoms with Crippen molar-refractivity contribution in [3.8, 4) is 0 Å². The van der Waals surface area contributed by atoms with E-state index < -0.39 is 6.16 Å². The van der Waals surface area contributed by atoms with Gasteiger partial charge in [-0.3, -0.25) is 0 Å². The molecule has 0 rings (SSSR count). The van der Waals surface area contributed by atoms with Crippen LogP contribution in [0, 0.1) is 0 Å². The van der Waals surface area contributed by atoms with Crippen LogP contribution < -0.4 is 5.73 Å². The summed E-state index contributed by atoms with van der Waals surface area (Å²) in [6, 6.07) is 0. The standard InChI is InChI=1S/C17H35NO3/c1-3-4-5-6-7-8-10-13-16(2)21-17(19)20-15-12-9-11-14-18/h16H,3-15,18H2,1-2H3. The molecule has 0 saturated carbocycles. The second-order valence-electron chi connectivity index (χ2n) is 5.79. The predicted molar refractivity (Wildman–Crippen MR) is 87.4 cm³/mol. The van der Waals surface area contributed by atoms with Gasteiger partial charge in [0.25, 0.3) is 0 Å². The first-order valence-corrected chi connectivity index (χ1v) is 8.74. The highest BCUT2D eigenvalue weighted by molar-refractivity contribution is 5.60. The Morgan fingerprint density at radius 1 is 0.952 bits per heavy atom. The molecule has 0 aromatic carbocycles. The average molecular weight is 301 g/mol. The molecule has 0 aromatic heterocycles. The van der Waals surface area contributed by atoms with Crippen LogP contribution in [-0.4, -0.2) is 25.4 Å². The van der Waals surface area contributed by atoms with Crippen molar-refractivity contribution < 1.29 is 14.3 Å². The van der Waals surface area contributed by atoms with E-state index in [0.29, 0.717) is 13.2 Å². The third-order valence-electron chi connectivity index (χ3n) is 3.58. The number of carbonyl (C=O) groups excluding carboxylic acids is 1. The quantitative estimate of drug-likeness (QED) is 0.370. The Labute approximate surface area is 130 Å². The first kappa shape index (κ1) is 20.2. The van der Waals surface area contributed by atoms with Gasteiger partial charge in [-0.2, -0.15) is 0 Å². The van der Waals surface area contributed by atoms with E-state index in [1.807, 2.05) is 6.92 Å². The largest absolute Gasteiger partial charge is 0.508 e. The molecule has 0 aliphatic rings. The molecule has 21 heavy (non-hydrogen) atoms. The first-order valence-electron chi connectivity index (χ1n) is 8.74. The number of hydrogen-bond donors (Lipinski definition) is 1. The van der Waals surface area contributed by atoms with Crippen molar-refractivity contribution in [1.29, 1.82) is 0 Å². The summed E-state index contributed by atoms with van der Waals surface area (Å²) in [7, 11) is 0. The fraction of sp³-hybridized carbons (Fsp3) is 0.941. The van der Waals surface area contributed by atoms with E-state index in [9.17, 15) is 4.79 Å². The van der Waals surface area contributed by atoms with Gasteiger partial charge in [-0.1, -0.05) is 45.4 Å². The molecule has 1 unspecified atom stereocenters. The molecule has 0 bridgehead atoms. The first-order chi connectivity index (χ1) is 10.2. The summed E-state index contributed by atoms with van der Waals surface area (Å²) < 4.78 is 10.2. The zero-order valence-corrected chi connectivity index (χ0v) is 14.1. The molecule has 1 atom stereocenters. The van der Waals surface area contributed by atoms with Gasteiger partial charge in [0.2, 0.25) is 0 Å². The van der Waals surface area contributed by atoms with Gasteiger partial charge in [-0.15, -0.1) is 0 Å². The van der Waals surface area contributed by atoms with E-state index in [-0.39, 0.29) is 6.10 Å². The van der Waals surface area contributed by atoms with Crippen LogP contribution in [0.3, 0.4) is 0 Å². The van der Waals surface area contributed by atoms with E-state index in [1.54, 1.807) is 0 Å². The van der Waals surface area contributed by atoms with E-state index in [2.05, 4.69) is 6.92 Å². The van der Waals surface area contributed by atoms with Gasteiger partial charge in [0, 0.05) is 0 Å². The summed E-state index contributed by atoms with van der Waals surface area (Å²) in [5, 5.41) is 0. The van der Waals surface area contributed by atoms with Crippen molar-refractivity contribution in [2.45, 2.75) is 90.6 Å². The molecule has 0 aromatic rings. The third kappa shape index (κ3) is 15.4. The minimum absolute atomic E-state index is 0.0443. The van der Waals surface area contributed by atoms with Crippen molar-refractivity contribution in [1.82, 2.24) is 0 Å². The van der Waals surface area contributed by atoms with Crippen LogP contribution in [0.25, 0.3) is 0 Å². The molecular formula is C17H35NO3. The maximum atomic E-state index is 11.4. The summed E-state index contributed by atoms with van der Waals surface area (Å²) in [6.07, 6.45) is 12.1. The van der Waals surface area contributed by atoms with Crippen LogP contribution in [0.5, 0.6) is 0 Å². The zero-order chi connectivity index (χ0) is 15.8. The summed E-state index contributed by atoms with van der Waals surface area (Å²) in [5.41, 5.74) is 5.40. The molecule has 0 heterocycles. The molecule has 2 N–H and O–H groups in total. The molecule has 0 radical (unpaired) electrons. The van der Waals surface area contributed by atoms with Crippen molar-refractivity contribution in [2.24, 2.45) is 5.73 Å². The van der Waals surface area contributed by atoms with Gasteiger partial charge < -0.3 is 15.2 Å². The number of unbranched alkanes of at least 4 members (excludes halogenated alkanes) is 8. The summed E-state index contributed by atoms with van der Waals surface area (Å²) in [5.74, 6) is 0. The molecule has 0 aliphatic heterocycles. The Hall–Kier alpha value is -0.770. The fourth-order valence-electron chi connectivity index (χ4n) is 2.22. The minimum Gasteiger partial charge on any atom is -0.434 e. The van der Waals surface area contributed by atoms with E-state index in [1.165, 1.54) is 38.5 Å². The van der Waals surface area contributed by atoms with Gasteiger partial charge in [0.15, 0.2) is 0 Å². The normalized spacial score (nSPS) is 12.1. The molecule has 0 aliphatic carbocycles. The predicted octanol–water partition coefficient (Wildman–Crippen LogP) is 4.80. The van der Waals surface area contributed by atoms with Crippen LogP contribution in [0.15, 0.2) is 0 Å². The second kappa shape index (κ2) is 15.6. The van der Waals surface area contributed by atoms with E-state index in [4.69, 9.17) is 15.2 Å². The van der Waals surface area contributed by atoms with Gasteiger partial charge in [0.05, 0.1) is 6.61 Å². The SMILES string of the molecule is CCCCCCCCCC(C)OC(=O)OCCCCCN.